The largest absolute Gasteiger partial charge is 0.368 e. The maximum absolute atomic E-state index is 13.2. The van der Waals surface area contributed by atoms with E-state index in [9.17, 15) is 4.79 Å². The molecule has 1 heterocycles. The molecule has 150 valence electrons. The highest BCUT2D eigenvalue weighted by atomic mass is 35.5. The van der Waals surface area contributed by atoms with Gasteiger partial charge in [0, 0.05) is 36.9 Å². The molecule has 1 N–H and O–H groups in total. The summed E-state index contributed by atoms with van der Waals surface area (Å²) in [5, 5.41) is 4.53. The average Bonchev–Trinajstić information content (AvgIpc) is 2.67. The standard InChI is InChI=1S/C22H28ClN3OS/c23-18-2-1-3-19(11-18)25-4-6-26(7-5-25)21(28)24-20(27)22-12-15-8-16(13-22)10-17(9-15)14-22/h1-3,11,15-17H,4-10,12-14H2,(H,24,27,28). The summed E-state index contributed by atoms with van der Waals surface area (Å²) in [7, 11) is 0. The fraction of sp³-hybridized carbons (Fsp3) is 0.636. The van der Waals surface area contributed by atoms with Crippen LogP contribution < -0.4 is 10.2 Å². The van der Waals surface area contributed by atoms with Crippen molar-refractivity contribution in [3.8, 4) is 0 Å². The number of piperazine rings is 1. The molecule has 0 atom stereocenters. The predicted molar refractivity (Wildman–Crippen MR) is 117 cm³/mol. The maximum atomic E-state index is 13.2. The van der Waals surface area contributed by atoms with Crippen LogP contribution in [-0.2, 0) is 4.79 Å². The number of amides is 1. The van der Waals surface area contributed by atoms with Crippen LogP contribution in [0.1, 0.15) is 38.5 Å². The highest BCUT2D eigenvalue weighted by Crippen LogP contribution is 2.60. The molecule has 28 heavy (non-hydrogen) atoms. The number of benzene rings is 1. The summed E-state index contributed by atoms with van der Waals surface area (Å²) in [6.07, 6.45) is 7.29. The molecule has 6 heteroatoms. The predicted octanol–water partition coefficient (Wildman–Crippen LogP) is 4.08. The van der Waals surface area contributed by atoms with Gasteiger partial charge in [0.15, 0.2) is 5.11 Å². The number of carbonyl (C=O) groups is 1. The van der Waals surface area contributed by atoms with Crippen molar-refractivity contribution in [1.29, 1.82) is 0 Å². The summed E-state index contributed by atoms with van der Waals surface area (Å²) in [4.78, 5) is 17.7. The third-order valence-corrected chi connectivity index (χ3v) is 8.08. The van der Waals surface area contributed by atoms with Crippen molar-refractivity contribution >= 4 is 40.5 Å². The molecule has 4 bridgehead atoms. The smallest absolute Gasteiger partial charge is 0.232 e. The van der Waals surface area contributed by atoms with Crippen molar-refractivity contribution in [3.05, 3.63) is 29.3 Å². The van der Waals surface area contributed by atoms with Gasteiger partial charge in [0.25, 0.3) is 0 Å². The molecule has 1 amide bonds. The Morgan fingerprint density at radius 2 is 1.64 bits per heavy atom. The molecule has 1 aliphatic heterocycles. The van der Waals surface area contributed by atoms with E-state index in [2.05, 4.69) is 21.2 Å². The molecule has 5 aliphatic rings. The highest BCUT2D eigenvalue weighted by Gasteiger charge is 2.54. The molecule has 0 unspecified atom stereocenters. The average molecular weight is 418 g/mol. The Hall–Kier alpha value is -1.33. The number of carbonyl (C=O) groups excluding carboxylic acids is 1. The highest BCUT2D eigenvalue weighted by molar-refractivity contribution is 7.80. The minimum atomic E-state index is -0.137. The van der Waals surface area contributed by atoms with Crippen LogP contribution in [0.4, 0.5) is 5.69 Å². The van der Waals surface area contributed by atoms with Crippen LogP contribution in [0.25, 0.3) is 0 Å². The summed E-state index contributed by atoms with van der Waals surface area (Å²) < 4.78 is 0. The number of halogens is 1. The van der Waals surface area contributed by atoms with Crippen LogP contribution >= 0.6 is 23.8 Å². The van der Waals surface area contributed by atoms with Gasteiger partial charge in [-0.2, -0.15) is 0 Å². The Morgan fingerprint density at radius 3 is 2.21 bits per heavy atom. The molecular weight excluding hydrogens is 390 g/mol. The fourth-order valence-electron chi connectivity index (χ4n) is 6.54. The molecule has 1 aromatic carbocycles. The zero-order valence-corrected chi connectivity index (χ0v) is 17.8. The Labute approximate surface area is 177 Å². The molecule has 4 saturated carbocycles. The number of hydrogen-bond donors (Lipinski definition) is 1. The first-order chi connectivity index (χ1) is 13.5. The molecule has 0 aromatic heterocycles. The second-order valence-electron chi connectivity index (χ2n) is 9.41. The van der Waals surface area contributed by atoms with E-state index in [0.29, 0.717) is 5.11 Å². The van der Waals surface area contributed by atoms with Gasteiger partial charge in [0.05, 0.1) is 5.41 Å². The van der Waals surface area contributed by atoms with Crippen LogP contribution in [0, 0.1) is 23.2 Å². The van der Waals surface area contributed by atoms with Gasteiger partial charge in [-0.05, 0) is 86.7 Å². The van der Waals surface area contributed by atoms with E-state index >= 15 is 0 Å². The number of thiocarbonyl (C=S) groups is 1. The first-order valence-electron chi connectivity index (χ1n) is 10.6. The Balaban J connectivity index is 1.18. The van der Waals surface area contributed by atoms with Gasteiger partial charge in [0.1, 0.15) is 0 Å². The molecule has 5 fully saturated rings. The molecule has 1 aromatic rings. The van der Waals surface area contributed by atoms with Gasteiger partial charge in [-0.25, -0.2) is 0 Å². The first-order valence-corrected chi connectivity index (χ1v) is 11.4. The number of anilines is 1. The number of hydrogen-bond acceptors (Lipinski definition) is 3. The molecule has 1 saturated heterocycles. The summed E-state index contributed by atoms with van der Waals surface area (Å²) in [6, 6.07) is 7.98. The van der Waals surface area contributed by atoms with Gasteiger partial charge >= 0.3 is 0 Å². The molecule has 0 spiro atoms. The molecule has 4 nitrogen and oxygen atoms in total. The third-order valence-electron chi connectivity index (χ3n) is 7.48. The van der Waals surface area contributed by atoms with Crippen LogP contribution in [0.2, 0.25) is 5.02 Å². The summed E-state index contributed by atoms with van der Waals surface area (Å²) in [6.45, 7) is 3.42. The monoisotopic (exact) mass is 417 g/mol. The molecular formula is C22H28ClN3OS. The lowest BCUT2D eigenvalue weighted by Crippen LogP contribution is -2.58. The van der Waals surface area contributed by atoms with Crippen molar-refractivity contribution < 1.29 is 4.79 Å². The minimum Gasteiger partial charge on any atom is -0.368 e. The van der Waals surface area contributed by atoms with E-state index in [4.69, 9.17) is 23.8 Å². The summed E-state index contributed by atoms with van der Waals surface area (Å²) >= 11 is 11.8. The lowest BCUT2D eigenvalue weighted by Gasteiger charge is -2.55. The van der Waals surface area contributed by atoms with Crippen molar-refractivity contribution in [2.45, 2.75) is 38.5 Å². The maximum Gasteiger partial charge on any atom is 0.232 e. The number of rotatable bonds is 2. The second kappa shape index (κ2) is 7.17. The minimum absolute atomic E-state index is 0.137. The lowest BCUT2D eigenvalue weighted by atomic mass is 9.49. The van der Waals surface area contributed by atoms with E-state index < -0.39 is 0 Å². The van der Waals surface area contributed by atoms with Gasteiger partial charge in [0.2, 0.25) is 5.91 Å². The topological polar surface area (TPSA) is 35.6 Å². The molecule has 6 rings (SSSR count). The normalized spacial score (nSPS) is 33.8. The first kappa shape index (κ1) is 18.7. The second-order valence-corrected chi connectivity index (χ2v) is 10.2. The van der Waals surface area contributed by atoms with Gasteiger partial charge in [-0.3, -0.25) is 4.79 Å². The van der Waals surface area contributed by atoms with Gasteiger partial charge in [-0.15, -0.1) is 0 Å². The van der Waals surface area contributed by atoms with Crippen LogP contribution in [0.15, 0.2) is 24.3 Å². The van der Waals surface area contributed by atoms with Crippen molar-refractivity contribution in [3.63, 3.8) is 0 Å². The van der Waals surface area contributed by atoms with Gasteiger partial charge in [-0.1, -0.05) is 17.7 Å². The Morgan fingerprint density at radius 1 is 1.04 bits per heavy atom. The number of nitrogens with zero attached hydrogens (tertiary/aromatic N) is 2. The van der Waals surface area contributed by atoms with E-state index in [1.54, 1.807) is 0 Å². The Kier molecular flexibility index (Phi) is 4.79. The van der Waals surface area contributed by atoms with Crippen molar-refractivity contribution in [2.75, 3.05) is 31.1 Å². The number of nitrogens with one attached hydrogen (secondary N) is 1. The van der Waals surface area contributed by atoms with Gasteiger partial charge < -0.3 is 15.1 Å². The van der Waals surface area contributed by atoms with Crippen LogP contribution in [-0.4, -0.2) is 42.1 Å². The van der Waals surface area contributed by atoms with Crippen molar-refractivity contribution in [2.24, 2.45) is 23.2 Å². The van der Waals surface area contributed by atoms with Crippen LogP contribution in [0.3, 0.4) is 0 Å². The zero-order valence-electron chi connectivity index (χ0n) is 16.2. The van der Waals surface area contributed by atoms with E-state index in [0.717, 1.165) is 73.9 Å². The third kappa shape index (κ3) is 3.41. The van der Waals surface area contributed by atoms with Crippen LogP contribution in [0.5, 0.6) is 0 Å². The quantitative estimate of drug-likeness (QED) is 0.735. The fourth-order valence-corrected chi connectivity index (χ4v) is 7.00. The molecule has 4 aliphatic carbocycles. The molecule has 0 radical (unpaired) electrons. The summed E-state index contributed by atoms with van der Waals surface area (Å²) in [5.74, 6) is 2.51. The zero-order chi connectivity index (χ0) is 19.3. The van der Waals surface area contributed by atoms with E-state index in [1.165, 1.54) is 19.3 Å². The van der Waals surface area contributed by atoms with Crippen molar-refractivity contribution in [1.82, 2.24) is 10.2 Å². The summed E-state index contributed by atoms with van der Waals surface area (Å²) in [5.41, 5.74) is 1.01. The SMILES string of the molecule is O=C(NC(=S)N1CCN(c2cccc(Cl)c2)CC1)C12CC3CC(CC(C3)C1)C2. The lowest BCUT2D eigenvalue weighted by molar-refractivity contribution is -0.144. The van der Waals surface area contributed by atoms with E-state index in [1.807, 2.05) is 18.2 Å². The van der Waals surface area contributed by atoms with E-state index in [-0.39, 0.29) is 11.3 Å². The Bertz CT molecular complexity index is 754.